The Hall–Kier alpha value is -0.590. The summed E-state index contributed by atoms with van der Waals surface area (Å²) in [5.74, 6) is 0.920. The van der Waals surface area contributed by atoms with Crippen LogP contribution in [0.3, 0.4) is 0 Å². The van der Waals surface area contributed by atoms with Crippen molar-refractivity contribution in [1.82, 2.24) is 5.32 Å². The van der Waals surface area contributed by atoms with E-state index in [4.69, 9.17) is 10.00 Å². The zero-order chi connectivity index (χ0) is 12.0. The SMILES string of the molecule is CCNC(C)(C#N)CC(C)OCCC1CC1. The van der Waals surface area contributed by atoms with Gasteiger partial charge in [-0.05, 0) is 32.7 Å². The van der Waals surface area contributed by atoms with E-state index in [2.05, 4.69) is 18.3 Å². The van der Waals surface area contributed by atoms with Gasteiger partial charge in [0, 0.05) is 13.0 Å². The van der Waals surface area contributed by atoms with E-state index in [9.17, 15) is 0 Å². The Morgan fingerprint density at radius 2 is 2.25 bits per heavy atom. The van der Waals surface area contributed by atoms with Gasteiger partial charge < -0.3 is 4.74 Å². The third kappa shape index (κ3) is 4.96. The van der Waals surface area contributed by atoms with Crippen LogP contribution in [0, 0.1) is 17.2 Å². The summed E-state index contributed by atoms with van der Waals surface area (Å²) >= 11 is 0. The second kappa shape index (κ2) is 6.22. The maximum atomic E-state index is 9.12. The molecule has 2 unspecified atom stereocenters. The monoisotopic (exact) mass is 224 g/mol. The molecule has 1 N–H and O–H groups in total. The van der Waals surface area contributed by atoms with E-state index in [0.717, 1.165) is 25.5 Å². The van der Waals surface area contributed by atoms with Crippen LogP contribution in [0.1, 0.15) is 46.5 Å². The Morgan fingerprint density at radius 1 is 1.56 bits per heavy atom. The first-order valence-corrected chi connectivity index (χ1v) is 6.37. The summed E-state index contributed by atoms with van der Waals surface area (Å²) in [5, 5.41) is 12.3. The van der Waals surface area contributed by atoms with Gasteiger partial charge in [-0.3, -0.25) is 5.32 Å². The van der Waals surface area contributed by atoms with Gasteiger partial charge in [-0.25, -0.2) is 0 Å². The summed E-state index contributed by atoms with van der Waals surface area (Å²) < 4.78 is 5.75. The molecule has 1 rings (SSSR count). The van der Waals surface area contributed by atoms with E-state index in [1.165, 1.54) is 19.3 Å². The Morgan fingerprint density at radius 3 is 2.75 bits per heavy atom. The highest BCUT2D eigenvalue weighted by molar-refractivity contribution is 5.04. The van der Waals surface area contributed by atoms with Crippen molar-refractivity contribution in [3.05, 3.63) is 0 Å². The molecule has 1 fully saturated rings. The van der Waals surface area contributed by atoms with E-state index in [1.807, 2.05) is 13.8 Å². The molecular formula is C13H24N2O. The van der Waals surface area contributed by atoms with E-state index < -0.39 is 5.54 Å². The number of nitrogens with one attached hydrogen (secondary N) is 1. The van der Waals surface area contributed by atoms with Crippen molar-refractivity contribution >= 4 is 0 Å². The van der Waals surface area contributed by atoms with Gasteiger partial charge in [-0.15, -0.1) is 0 Å². The molecule has 0 heterocycles. The summed E-state index contributed by atoms with van der Waals surface area (Å²) in [6, 6.07) is 2.33. The topological polar surface area (TPSA) is 45.0 Å². The smallest absolute Gasteiger partial charge is 0.106 e. The zero-order valence-corrected chi connectivity index (χ0v) is 10.8. The van der Waals surface area contributed by atoms with Crippen LogP contribution in [-0.2, 0) is 4.74 Å². The highest BCUT2D eigenvalue weighted by Gasteiger charge is 2.26. The first-order chi connectivity index (χ1) is 7.59. The lowest BCUT2D eigenvalue weighted by molar-refractivity contribution is 0.0442. The van der Waals surface area contributed by atoms with Gasteiger partial charge in [0.25, 0.3) is 0 Å². The van der Waals surface area contributed by atoms with Crippen LogP contribution in [0.25, 0.3) is 0 Å². The Bertz CT molecular complexity index is 245. The summed E-state index contributed by atoms with van der Waals surface area (Å²) in [4.78, 5) is 0. The molecule has 16 heavy (non-hydrogen) atoms. The molecule has 1 aliphatic rings. The maximum absolute atomic E-state index is 9.12. The molecule has 92 valence electrons. The molecule has 1 saturated carbocycles. The molecule has 0 bridgehead atoms. The standard InChI is InChI=1S/C13H24N2O/c1-4-15-13(3,10-14)9-11(2)16-8-7-12-5-6-12/h11-12,15H,4-9H2,1-3H3. The minimum Gasteiger partial charge on any atom is -0.378 e. The van der Waals surface area contributed by atoms with Gasteiger partial charge in [0.1, 0.15) is 5.54 Å². The van der Waals surface area contributed by atoms with Gasteiger partial charge in [0.2, 0.25) is 0 Å². The summed E-state index contributed by atoms with van der Waals surface area (Å²) in [5.41, 5.74) is -0.451. The van der Waals surface area contributed by atoms with Crippen molar-refractivity contribution in [3.8, 4) is 6.07 Å². The number of hydrogen-bond donors (Lipinski definition) is 1. The average Bonchev–Trinajstić information content (AvgIpc) is 3.02. The number of nitrogens with zero attached hydrogens (tertiary/aromatic N) is 1. The molecule has 0 aromatic carbocycles. The van der Waals surface area contributed by atoms with E-state index in [1.54, 1.807) is 0 Å². The molecule has 1 aliphatic carbocycles. The summed E-state index contributed by atoms with van der Waals surface area (Å²) in [6.45, 7) is 7.68. The molecule has 3 nitrogen and oxygen atoms in total. The highest BCUT2D eigenvalue weighted by Crippen LogP contribution is 2.32. The zero-order valence-electron chi connectivity index (χ0n) is 10.8. The first kappa shape index (κ1) is 13.5. The summed E-state index contributed by atoms with van der Waals surface area (Å²) in [7, 11) is 0. The Kier molecular flexibility index (Phi) is 5.24. The number of ether oxygens (including phenoxy) is 1. The second-order valence-electron chi connectivity index (χ2n) is 5.09. The van der Waals surface area contributed by atoms with Crippen molar-refractivity contribution < 1.29 is 4.74 Å². The quantitative estimate of drug-likeness (QED) is 0.689. The first-order valence-electron chi connectivity index (χ1n) is 6.37. The van der Waals surface area contributed by atoms with E-state index >= 15 is 0 Å². The molecule has 0 saturated heterocycles. The normalized spacial score (nSPS) is 21.1. The second-order valence-corrected chi connectivity index (χ2v) is 5.09. The van der Waals surface area contributed by atoms with Crippen LogP contribution in [0.4, 0.5) is 0 Å². The van der Waals surface area contributed by atoms with Crippen molar-refractivity contribution in [2.24, 2.45) is 5.92 Å². The molecule has 0 amide bonds. The number of hydrogen-bond acceptors (Lipinski definition) is 3. The van der Waals surface area contributed by atoms with Gasteiger partial charge in [0.15, 0.2) is 0 Å². The van der Waals surface area contributed by atoms with Crippen molar-refractivity contribution in [3.63, 3.8) is 0 Å². The van der Waals surface area contributed by atoms with Gasteiger partial charge in [0.05, 0.1) is 12.2 Å². The lowest BCUT2D eigenvalue weighted by Gasteiger charge is -2.26. The third-order valence-corrected chi connectivity index (χ3v) is 3.13. The van der Waals surface area contributed by atoms with Gasteiger partial charge >= 0.3 is 0 Å². The Balaban J connectivity index is 2.19. The predicted molar refractivity (Wildman–Crippen MR) is 65.1 cm³/mol. The van der Waals surface area contributed by atoms with Crippen LogP contribution < -0.4 is 5.32 Å². The van der Waals surface area contributed by atoms with Crippen LogP contribution in [0.5, 0.6) is 0 Å². The average molecular weight is 224 g/mol. The van der Waals surface area contributed by atoms with Crippen molar-refractivity contribution in [1.29, 1.82) is 5.26 Å². The van der Waals surface area contributed by atoms with Crippen LogP contribution >= 0.6 is 0 Å². The van der Waals surface area contributed by atoms with Crippen LogP contribution in [0.15, 0.2) is 0 Å². The highest BCUT2D eigenvalue weighted by atomic mass is 16.5. The molecule has 0 spiro atoms. The summed E-state index contributed by atoms with van der Waals surface area (Å²) in [6.07, 6.45) is 4.86. The van der Waals surface area contributed by atoms with E-state index in [-0.39, 0.29) is 6.10 Å². The fourth-order valence-corrected chi connectivity index (χ4v) is 2.02. The molecule has 0 radical (unpaired) electrons. The third-order valence-electron chi connectivity index (χ3n) is 3.13. The van der Waals surface area contributed by atoms with Crippen molar-refractivity contribution in [2.45, 2.75) is 58.1 Å². The molecule has 3 heteroatoms. The van der Waals surface area contributed by atoms with Crippen LogP contribution in [-0.4, -0.2) is 24.8 Å². The fraction of sp³-hybridized carbons (Fsp3) is 0.923. The van der Waals surface area contributed by atoms with Crippen molar-refractivity contribution in [2.75, 3.05) is 13.2 Å². The van der Waals surface area contributed by atoms with Crippen LogP contribution in [0.2, 0.25) is 0 Å². The van der Waals surface area contributed by atoms with Gasteiger partial charge in [-0.1, -0.05) is 19.8 Å². The minimum absolute atomic E-state index is 0.155. The van der Waals surface area contributed by atoms with E-state index in [0.29, 0.717) is 0 Å². The predicted octanol–water partition coefficient (Wildman–Crippen LogP) is 2.47. The molecule has 2 atom stereocenters. The Labute approximate surface area is 99.2 Å². The minimum atomic E-state index is -0.451. The lowest BCUT2D eigenvalue weighted by Crippen LogP contribution is -2.43. The number of rotatable bonds is 8. The van der Waals surface area contributed by atoms with Gasteiger partial charge in [-0.2, -0.15) is 5.26 Å². The maximum Gasteiger partial charge on any atom is 0.106 e. The lowest BCUT2D eigenvalue weighted by atomic mass is 9.96. The fourth-order valence-electron chi connectivity index (χ4n) is 2.02. The molecule has 0 aliphatic heterocycles. The number of nitriles is 1. The molecule has 0 aromatic rings. The molecular weight excluding hydrogens is 200 g/mol. The molecule has 0 aromatic heterocycles. The largest absolute Gasteiger partial charge is 0.378 e.